The van der Waals surface area contributed by atoms with Crippen LogP contribution in [0.15, 0.2) is 0 Å². The Kier molecular flexibility index (Phi) is 5.48. The van der Waals surface area contributed by atoms with Gasteiger partial charge in [0.15, 0.2) is 9.84 Å². The molecule has 1 rings (SSSR count). The van der Waals surface area contributed by atoms with Crippen LogP contribution in [0.5, 0.6) is 0 Å². The zero-order valence-corrected chi connectivity index (χ0v) is 12.4. The van der Waals surface area contributed by atoms with Crippen molar-refractivity contribution >= 4 is 27.5 Å². The van der Waals surface area contributed by atoms with Gasteiger partial charge in [-0.1, -0.05) is 6.92 Å². The predicted octanol–water partition coefficient (Wildman–Crippen LogP) is 0.184. The number of amides is 1. The normalized spacial score (nSPS) is 25.6. The summed E-state index contributed by atoms with van der Waals surface area (Å²) in [5.74, 6) is 0.507. The first-order valence-electron chi connectivity index (χ1n) is 6.05. The molecule has 0 saturated carbocycles. The molecule has 0 aliphatic carbocycles. The number of carbonyl (C=O) groups excluding carboxylic acids is 1. The minimum atomic E-state index is -2.88. The van der Waals surface area contributed by atoms with Crippen molar-refractivity contribution in [3.63, 3.8) is 0 Å². The minimum Gasteiger partial charge on any atom is -0.388 e. The number of aliphatic hydroxyl groups is 1. The van der Waals surface area contributed by atoms with Crippen molar-refractivity contribution in [1.82, 2.24) is 5.32 Å². The van der Waals surface area contributed by atoms with E-state index in [4.69, 9.17) is 0 Å². The maximum atomic E-state index is 11.5. The molecule has 0 bridgehead atoms. The third-order valence-electron chi connectivity index (χ3n) is 3.07. The van der Waals surface area contributed by atoms with E-state index in [-0.39, 0.29) is 35.0 Å². The van der Waals surface area contributed by atoms with Crippen LogP contribution >= 0.6 is 11.8 Å². The fraction of sp³-hybridized carbons (Fsp3) is 0.909. The first-order valence-corrected chi connectivity index (χ1v) is 8.92. The van der Waals surface area contributed by atoms with Gasteiger partial charge in [0.25, 0.3) is 0 Å². The summed E-state index contributed by atoms with van der Waals surface area (Å²) in [6.45, 7) is 3.75. The molecule has 1 aliphatic heterocycles. The maximum absolute atomic E-state index is 11.5. The summed E-state index contributed by atoms with van der Waals surface area (Å²) in [6.07, 6.45) is 1.20. The average molecular weight is 295 g/mol. The molecule has 2 N–H and O–H groups in total. The molecular weight excluding hydrogens is 274 g/mol. The fourth-order valence-electron chi connectivity index (χ4n) is 1.55. The van der Waals surface area contributed by atoms with Gasteiger partial charge in [-0.05, 0) is 19.8 Å². The molecule has 5 nitrogen and oxygen atoms in total. The Bertz CT molecular complexity index is 392. The molecule has 0 aromatic carbocycles. The Morgan fingerprint density at radius 3 is 2.72 bits per heavy atom. The second-order valence-electron chi connectivity index (χ2n) is 4.96. The number of nitrogens with one attached hydrogen (secondary N) is 1. The molecule has 18 heavy (non-hydrogen) atoms. The molecular formula is C11H21NO4S2. The van der Waals surface area contributed by atoms with Crippen LogP contribution in [0.3, 0.4) is 0 Å². The van der Waals surface area contributed by atoms with Gasteiger partial charge in [-0.15, -0.1) is 11.8 Å². The van der Waals surface area contributed by atoms with Crippen LogP contribution in [0, 0.1) is 0 Å². The topological polar surface area (TPSA) is 83.5 Å². The van der Waals surface area contributed by atoms with E-state index < -0.39 is 15.4 Å². The number of rotatable bonds is 6. The van der Waals surface area contributed by atoms with Crippen LogP contribution in [-0.2, 0) is 14.6 Å². The van der Waals surface area contributed by atoms with Crippen LogP contribution in [0.1, 0.15) is 26.7 Å². The first-order chi connectivity index (χ1) is 8.24. The van der Waals surface area contributed by atoms with Gasteiger partial charge in [-0.25, -0.2) is 8.42 Å². The van der Waals surface area contributed by atoms with E-state index in [1.165, 1.54) is 11.8 Å². The van der Waals surface area contributed by atoms with Gasteiger partial charge in [0.2, 0.25) is 5.91 Å². The molecule has 7 heteroatoms. The first kappa shape index (κ1) is 15.8. The van der Waals surface area contributed by atoms with Gasteiger partial charge in [0.05, 0.1) is 22.9 Å². The summed E-state index contributed by atoms with van der Waals surface area (Å²) in [7, 11) is -2.88. The lowest BCUT2D eigenvalue weighted by Gasteiger charge is -2.21. The van der Waals surface area contributed by atoms with E-state index in [1.54, 1.807) is 6.92 Å². The summed E-state index contributed by atoms with van der Waals surface area (Å²) in [5.41, 5.74) is -0.878. The van der Waals surface area contributed by atoms with Gasteiger partial charge in [0.1, 0.15) is 0 Å². The van der Waals surface area contributed by atoms with Gasteiger partial charge in [-0.3, -0.25) is 4.79 Å². The maximum Gasteiger partial charge on any atom is 0.230 e. The van der Waals surface area contributed by atoms with Crippen LogP contribution in [-0.4, -0.2) is 54.1 Å². The van der Waals surface area contributed by atoms with Crippen molar-refractivity contribution in [3.05, 3.63) is 0 Å². The Labute approximate surface area is 113 Å². The van der Waals surface area contributed by atoms with Gasteiger partial charge in [0, 0.05) is 11.8 Å². The average Bonchev–Trinajstić information content (AvgIpc) is 2.64. The molecule has 1 aliphatic rings. The molecule has 1 fully saturated rings. The highest BCUT2D eigenvalue weighted by molar-refractivity contribution is 8.02. The van der Waals surface area contributed by atoms with Crippen molar-refractivity contribution < 1.29 is 18.3 Å². The molecule has 2 atom stereocenters. The van der Waals surface area contributed by atoms with Crippen molar-refractivity contribution in [3.8, 4) is 0 Å². The number of sulfone groups is 1. The van der Waals surface area contributed by atoms with E-state index in [1.807, 2.05) is 6.92 Å². The lowest BCUT2D eigenvalue weighted by atomic mass is 10.0. The largest absolute Gasteiger partial charge is 0.388 e. The molecule has 0 aromatic heterocycles. The molecule has 106 valence electrons. The van der Waals surface area contributed by atoms with Crippen molar-refractivity contribution in [2.24, 2.45) is 0 Å². The van der Waals surface area contributed by atoms with E-state index in [0.717, 1.165) is 0 Å². The van der Waals surface area contributed by atoms with Crippen molar-refractivity contribution in [1.29, 1.82) is 0 Å². The molecule has 0 spiro atoms. The molecule has 0 aromatic rings. The molecule has 1 saturated heterocycles. The number of hydrogen-bond donors (Lipinski definition) is 2. The van der Waals surface area contributed by atoms with Crippen LogP contribution in [0.25, 0.3) is 0 Å². The Morgan fingerprint density at radius 2 is 2.22 bits per heavy atom. The summed E-state index contributed by atoms with van der Waals surface area (Å²) in [4.78, 5) is 11.5. The summed E-state index contributed by atoms with van der Waals surface area (Å²) < 4.78 is 22.5. The Hall–Kier alpha value is -0.270. The minimum absolute atomic E-state index is 0.0347. The summed E-state index contributed by atoms with van der Waals surface area (Å²) in [6, 6.07) is 0. The van der Waals surface area contributed by atoms with Crippen LogP contribution in [0.4, 0.5) is 0 Å². The van der Waals surface area contributed by atoms with E-state index in [2.05, 4.69) is 5.32 Å². The third kappa shape index (κ3) is 5.58. The molecule has 1 heterocycles. The van der Waals surface area contributed by atoms with Gasteiger partial charge < -0.3 is 10.4 Å². The lowest BCUT2D eigenvalue weighted by molar-refractivity contribution is -0.119. The second kappa shape index (κ2) is 6.25. The highest BCUT2D eigenvalue weighted by Crippen LogP contribution is 2.23. The zero-order chi connectivity index (χ0) is 13.8. The Morgan fingerprint density at radius 1 is 1.56 bits per heavy atom. The van der Waals surface area contributed by atoms with Crippen molar-refractivity contribution in [2.45, 2.75) is 37.5 Å². The highest BCUT2D eigenvalue weighted by Gasteiger charge is 2.28. The van der Waals surface area contributed by atoms with E-state index in [0.29, 0.717) is 12.8 Å². The second-order valence-corrected chi connectivity index (χ2v) is 8.48. The summed E-state index contributed by atoms with van der Waals surface area (Å²) in [5, 5.41) is 12.4. The number of thioether (sulfide) groups is 1. The quantitative estimate of drug-likeness (QED) is 0.730. The van der Waals surface area contributed by atoms with Gasteiger partial charge >= 0.3 is 0 Å². The smallest absolute Gasteiger partial charge is 0.230 e. The summed E-state index contributed by atoms with van der Waals surface area (Å²) >= 11 is 1.38. The molecule has 2 unspecified atom stereocenters. The van der Waals surface area contributed by atoms with Gasteiger partial charge in [-0.2, -0.15) is 0 Å². The molecule has 0 radical (unpaired) electrons. The highest BCUT2D eigenvalue weighted by atomic mass is 32.2. The zero-order valence-electron chi connectivity index (χ0n) is 10.8. The van der Waals surface area contributed by atoms with Crippen LogP contribution in [0.2, 0.25) is 0 Å². The lowest BCUT2D eigenvalue weighted by Crippen LogP contribution is -2.40. The van der Waals surface area contributed by atoms with E-state index >= 15 is 0 Å². The number of carbonyl (C=O) groups is 1. The van der Waals surface area contributed by atoms with Crippen molar-refractivity contribution in [2.75, 3.05) is 23.8 Å². The SMILES string of the molecule is CCC(C)(O)CNC(=O)CSC1CCS(=O)(=O)C1. The number of hydrogen-bond acceptors (Lipinski definition) is 5. The van der Waals surface area contributed by atoms with E-state index in [9.17, 15) is 18.3 Å². The monoisotopic (exact) mass is 295 g/mol. The fourth-order valence-corrected chi connectivity index (χ4v) is 5.02. The standard InChI is InChI=1S/C11H21NO4S2/c1-3-11(2,14)8-12-10(13)6-17-9-4-5-18(15,16)7-9/h9,14H,3-8H2,1-2H3,(H,12,13). The third-order valence-corrected chi connectivity index (χ3v) is 6.35. The van der Waals surface area contributed by atoms with Crippen LogP contribution < -0.4 is 5.32 Å². The predicted molar refractivity (Wildman–Crippen MR) is 73.4 cm³/mol. The Balaban J connectivity index is 2.22. The molecule has 1 amide bonds.